The van der Waals surface area contributed by atoms with Gasteiger partial charge in [-0.15, -0.1) is 11.8 Å². The summed E-state index contributed by atoms with van der Waals surface area (Å²) >= 11 is 1.47. The van der Waals surface area contributed by atoms with Gasteiger partial charge in [0.25, 0.3) is 5.91 Å². The molecule has 0 radical (unpaired) electrons. The van der Waals surface area contributed by atoms with E-state index in [1.165, 1.54) is 16.7 Å². The molecular formula is C14H20N4O4S. The number of rotatable bonds is 3. The number of piperazine rings is 1. The van der Waals surface area contributed by atoms with E-state index >= 15 is 0 Å². The normalized spacial score (nSPS) is 34.4. The number of carbonyl (C=O) groups excluding carboxylic acids is 3. The number of carboxylic acid groups (broad SMARTS) is 1. The standard InChI is InChI=1S/C14H20N4O4S/c1-16-3-4-18(2,6-9(16)19)5-8-7-23-13-10(15)12(20)17(13)11(8)14(21)22/h10,13H,3-7,15H2,1-2H3. The number of likely N-dealkylation sites (N-methyl/N-ethyl adjacent to an activating group) is 2. The van der Waals surface area contributed by atoms with Gasteiger partial charge in [0.05, 0.1) is 31.8 Å². The van der Waals surface area contributed by atoms with Crippen LogP contribution < -0.4 is 10.8 Å². The minimum atomic E-state index is -1.35. The van der Waals surface area contributed by atoms with Crippen molar-refractivity contribution in [1.82, 2.24) is 9.80 Å². The second-order valence-corrected chi connectivity index (χ2v) is 7.75. The molecule has 3 heterocycles. The number of amides is 2. The summed E-state index contributed by atoms with van der Waals surface area (Å²) in [6.45, 7) is 2.11. The first kappa shape index (κ1) is 16.3. The topological polar surface area (TPSA) is 107 Å². The number of β-lactam (4-membered cyclic amide) rings is 1. The van der Waals surface area contributed by atoms with Gasteiger partial charge in [-0.25, -0.2) is 0 Å². The molecule has 3 rings (SSSR count). The maximum atomic E-state index is 12.0. The Labute approximate surface area is 138 Å². The lowest BCUT2D eigenvalue weighted by Gasteiger charge is -2.50. The molecule has 3 unspecified atom stereocenters. The fraction of sp³-hybridized carbons (Fsp3) is 0.643. The lowest BCUT2D eigenvalue weighted by Crippen LogP contribution is -2.69. The van der Waals surface area contributed by atoms with E-state index in [2.05, 4.69) is 0 Å². The molecule has 2 amide bonds. The number of nitrogens with zero attached hydrogens (tertiary/aromatic N) is 3. The van der Waals surface area contributed by atoms with Gasteiger partial charge in [0.1, 0.15) is 18.0 Å². The van der Waals surface area contributed by atoms with Crippen LogP contribution in [0.15, 0.2) is 11.3 Å². The van der Waals surface area contributed by atoms with E-state index in [4.69, 9.17) is 5.73 Å². The number of thioether (sulfide) groups is 1. The van der Waals surface area contributed by atoms with Crippen molar-refractivity contribution >= 4 is 29.5 Å². The minimum absolute atomic E-state index is 0.0396. The number of carbonyl (C=O) groups is 3. The summed E-state index contributed by atoms with van der Waals surface area (Å²) in [6.07, 6.45) is 0. The van der Waals surface area contributed by atoms with Crippen molar-refractivity contribution in [2.75, 3.05) is 46.0 Å². The summed E-state index contributed by atoms with van der Waals surface area (Å²) < 4.78 is 0.439. The van der Waals surface area contributed by atoms with Gasteiger partial charge in [-0.05, 0) is 0 Å². The third-order valence-electron chi connectivity index (χ3n) is 4.77. The lowest BCUT2D eigenvalue weighted by molar-refractivity contribution is -0.900. The highest BCUT2D eigenvalue weighted by atomic mass is 32.2. The zero-order valence-corrected chi connectivity index (χ0v) is 14.0. The van der Waals surface area contributed by atoms with E-state index in [1.54, 1.807) is 11.9 Å². The van der Waals surface area contributed by atoms with Crippen molar-refractivity contribution in [3.63, 3.8) is 0 Å². The van der Waals surface area contributed by atoms with Gasteiger partial charge in [0.15, 0.2) is 6.54 Å². The quantitative estimate of drug-likeness (QED) is 0.438. The molecule has 0 aromatic rings. The van der Waals surface area contributed by atoms with E-state index in [1.807, 2.05) is 7.05 Å². The van der Waals surface area contributed by atoms with Crippen LogP contribution >= 0.6 is 11.8 Å². The molecule has 23 heavy (non-hydrogen) atoms. The van der Waals surface area contributed by atoms with Gasteiger partial charge < -0.3 is 25.0 Å². The second-order valence-electron chi connectivity index (χ2n) is 6.65. The van der Waals surface area contributed by atoms with Gasteiger partial charge in [-0.1, -0.05) is 0 Å². The Morgan fingerprint density at radius 1 is 1.48 bits per heavy atom. The van der Waals surface area contributed by atoms with Crippen LogP contribution in [0.2, 0.25) is 0 Å². The van der Waals surface area contributed by atoms with E-state index in [-0.39, 0.29) is 22.9 Å². The summed E-state index contributed by atoms with van der Waals surface area (Å²) in [5.41, 5.74) is 6.32. The molecule has 9 heteroatoms. The molecule has 3 aliphatic rings. The summed E-state index contributed by atoms with van der Waals surface area (Å²) in [6, 6.07) is -0.647. The molecule has 0 bridgehead atoms. The number of quaternary nitrogens is 1. The maximum Gasteiger partial charge on any atom is 0.277 e. The van der Waals surface area contributed by atoms with Crippen LogP contribution in [0.25, 0.3) is 0 Å². The third-order valence-corrected chi connectivity index (χ3v) is 6.13. The molecule has 2 N–H and O–H groups in total. The summed E-state index contributed by atoms with van der Waals surface area (Å²) in [5.74, 6) is -1.20. The van der Waals surface area contributed by atoms with E-state index in [9.17, 15) is 19.5 Å². The molecule has 126 valence electrons. The highest BCUT2D eigenvalue weighted by molar-refractivity contribution is 8.00. The van der Waals surface area contributed by atoms with Crippen molar-refractivity contribution in [3.8, 4) is 0 Å². The van der Waals surface area contributed by atoms with Crippen molar-refractivity contribution in [2.24, 2.45) is 5.73 Å². The smallest absolute Gasteiger partial charge is 0.277 e. The fourth-order valence-electron chi connectivity index (χ4n) is 3.33. The summed E-state index contributed by atoms with van der Waals surface area (Å²) in [4.78, 5) is 38.4. The van der Waals surface area contributed by atoms with Crippen LogP contribution in [0.1, 0.15) is 0 Å². The van der Waals surface area contributed by atoms with Crippen molar-refractivity contribution < 1.29 is 24.0 Å². The summed E-state index contributed by atoms with van der Waals surface area (Å²) in [5, 5.41) is 11.3. The zero-order chi connectivity index (χ0) is 16.9. The molecule has 0 aliphatic carbocycles. The first-order chi connectivity index (χ1) is 10.7. The highest BCUT2D eigenvalue weighted by Crippen LogP contribution is 2.39. The molecular weight excluding hydrogens is 320 g/mol. The van der Waals surface area contributed by atoms with E-state index in [0.29, 0.717) is 35.4 Å². The maximum absolute atomic E-state index is 12.0. The Balaban J connectivity index is 1.87. The Hall–Kier alpha value is -1.58. The van der Waals surface area contributed by atoms with Gasteiger partial charge >= 0.3 is 0 Å². The monoisotopic (exact) mass is 340 g/mol. The largest absolute Gasteiger partial charge is 0.543 e. The Morgan fingerprint density at radius 3 is 2.78 bits per heavy atom. The van der Waals surface area contributed by atoms with Crippen LogP contribution in [-0.2, 0) is 14.4 Å². The molecule has 2 saturated heterocycles. The second kappa shape index (κ2) is 5.50. The molecule has 0 saturated carbocycles. The van der Waals surface area contributed by atoms with E-state index in [0.717, 1.165) is 6.54 Å². The highest BCUT2D eigenvalue weighted by Gasteiger charge is 2.51. The van der Waals surface area contributed by atoms with Gasteiger partial charge in [-0.2, -0.15) is 0 Å². The molecule has 0 aromatic carbocycles. The van der Waals surface area contributed by atoms with E-state index < -0.39 is 12.0 Å². The first-order valence-corrected chi connectivity index (χ1v) is 8.49. The van der Waals surface area contributed by atoms with Gasteiger partial charge in [0, 0.05) is 18.4 Å². The Morgan fingerprint density at radius 2 is 2.17 bits per heavy atom. The predicted molar refractivity (Wildman–Crippen MR) is 81.5 cm³/mol. The number of fused-ring (bicyclic) bond motifs is 1. The summed E-state index contributed by atoms with van der Waals surface area (Å²) in [7, 11) is 3.70. The van der Waals surface area contributed by atoms with Crippen molar-refractivity contribution in [1.29, 1.82) is 0 Å². The van der Waals surface area contributed by atoms with Crippen molar-refractivity contribution in [2.45, 2.75) is 11.4 Å². The zero-order valence-electron chi connectivity index (χ0n) is 13.2. The lowest BCUT2D eigenvalue weighted by atomic mass is 10.0. The van der Waals surface area contributed by atoms with Gasteiger partial charge in [0.2, 0.25) is 5.91 Å². The number of hydrogen-bond acceptors (Lipinski definition) is 6. The molecule has 8 nitrogen and oxygen atoms in total. The minimum Gasteiger partial charge on any atom is -0.543 e. The number of aliphatic carboxylic acids is 1. The fourth-order valence-corrected chi connectivity index (χ4v) is 4.61. The van der Waals surface area contributed by atoms with Crippen LogP contribution in [-0.4, -0.2) is 89.5 Å². The average molecular weight is 340 g/mol. The molecule has 0 spiro atoms. The Kier molecular flexibility index (Phi) is 3.89. The third kappa shape index (κ3) is 2.62. The number of nitrogens with two attached hydrogens (primary N) is 1. The van der Waals surface area contributed by atoms with Crippen LogP contribution in [0.5, 0.6) is 0 Å². The van der Waals surface area contributed by atoms with Crippen LogP contribution in [0.3, 0.4) is 0 Å². The molecule has 2 fully saturated rings. The molecule has 0 aromatic heterocycles. The average Bonchev–Trinajstić information content (AvgIpc) is 2.49. The first-order valence-electron chi connectivity index (χ1n) is 7.45. The molecule has 3 aliphatic heterocycles. The SMILES string of the molecule is CN1CC[N+](C)(CC2=C(C(=O)[O-])N3C(=O)C(N)C3SC2)CC1=O. The predicted octanol–water partition coefficient (Wildman–Crippen LogP) is -2.85. The Bertz CT molecular complexity index is 622. The van der Waals surface area contributed by atoms with Crippen LogP contribution in [0.4, 0.5) is 0 Å². The van der Waals surface area contributed by atoms with Crippen molar-refractivity contribution in [3.05, 3.63) is 11.3 Å². The van der Waals surface area contributed by atoms with Gasteiger partial charge in [-0.3, -0.25) is 14.5 Å². The van der Waals surface area contributed by atoms with Crippen LogP contribution in [0, 0.1) is 0 Å². The number of carboxylic acids is 1. The molecule has 3 atom stereocenters. The number of hydrogen-bond donors (Lipinski definition) is 1.